The van der Waals surface area contributed by atoms with Crippen molar-refractivity contribution in [1.82, 2.24) is 10.3 Å². The fourth-order valence-corrected chi connectivity index (χ4v) is 2.75. The first-order valence-corrected chi connectivity index (χ1v) is 9.09. The number of carbonyl (C=O) groups excluding carboxylic acids is 2. The van der Waals surface area contributed by atoms with Crippen LogP contribution in [0.4, 0.5) is 13.2 Å². The summed E-state index contributed by atoms with van der Waals surface area (Å²) in [7, 11) is 0. The third-order valence-electron chi connectivity index (χ3n) is 4.61. The lowest BCUT2D eigenvalue weighted by atomic mass is 9.91. The first-order chi connectivity index (χ1) is 14.6. The average molecular weight is 429 g/mol. The van der Waals surface area contributed by atoms with Crippen molar-refractivity contribution in [2.75, 3.05) is 0 Å². The maximum Gasteiger partial charge on any atom is 0.417 e. The van der Waals surface area contributed by atoms with Crippen LogP contribution in [-0.4, -0.2) is 16.8 Å². The van der Waals surface area contributed by atoms with Crippen LogP contribution in [0.2, 0.25) is 0 Å². The van der Waals surface area contributed by atoms with Crippen LogP contribution >= 0.6 is 0 Å². The molecule has 9 heteroatoms. The molecule has 0 saturated carbocycles. The highest BCUT2D eigenvalue weighted by Gasteiger charge is 2.35. The SMILES string of the molecule is C[C@@](NC(=O)c1ccc(Oc2ccc(C(F)(F)F)cn2)cc1)(C(N)=O)c1ccccc1. The van der Waals surface area contributed by atoms with E-state index < -0.39 is 29.1 Å². The number of nitrogens with two attached hydrogens (primary N) is 1. The highest BCUT2D eigenvalue weighted by atomic mass is 19.4. The predicted molar refractivity (Wildman–Crippen MR) is 106 cm³/mol. The Bertz CT molecular complexity index is 1070. The number of benzene rings is 2. The number of alkyl halides is 3. The summed E-state index contributed by atoms with van der Waals surface area (Å²) in [5.74, 6) is -1.02. The molecule has 0 saturated heterocycles. The minimum absolute atomic E-state index is 0.0319. The van der Waals surface area contributed by atoms with E-state index in [2.05, 4.69) is 10.3 Å². The molecule has 0 aliphatic carbocycles. The van der Waals surface area contributed by atoms with E-state index in [0.29, 0.717) is 11.8 Å². The summed E-state index contributed by atoms with van der Waals surface area (Å²) in [6.45, 7) is 1.51. The maximum atomic E-state index is 12.7. The third-order valence-corrected chi connectivity index (χ3v) is 4.61. The molecule has 31 heavy (non-hydrogen) atoms. The van der Waals surface area contributed by atoms with E-state index in [4.69, 9.17) is 10.5 Å². The van der Waals surface area contributed by atoms with E-state index in [-0.39, 0.29) is 17.2 Å². The molecule has 1 atom stereocenters. The van der Waals surface area contributed by atoms with E-state index in [0.717, 1.165) is 12.1 Å². The number of rotatable bonds is 6. The van der Waals surface area contributed by atoms with Crippen LogP contribution in [0.3, 0.4) is 0 Å². The minimum Gasteiger partial charge on any atom is -0.439 e. The number of hydrogen-bond donors (Lipinski definition) is 2. The number of aromatic nitrogens is 1. The number of nitrogens with zero attached hydrogens (tertiary/aromatic N) is 1. The second kappa shape index (κ2) is 8.47. The van der Waals surface area contributed by atoms with Crippen LogP contribution in [-0.2, 0) is 16.5 Å². The van der Waals surface area contributed by atoms with Crippen molar-refractivity contribution < 1.29 is 27.5 Å². The van der Waals surface area contributed by atoms with Gasteiger partial charge in [0.05, 0.1) is 5.56 Å². The van der Waals surface area contributed by atoms with Gasteiger partial charge in [0.15, 0.2) is 0 Å². The lowest BCUT2D eigenvalue weighted by Gasteiger charge is -2.28. The number of carbonyl (C=O) groups is 2. The van der Waals surface area contributed by atoms with Gasteiger partial charge in [0, 0.05) is 17.8 Å². The molecule has 0 spiro atoms. The predicted octanol–water partition coefficient (Wildman–Crippen LogP) is 4.02. The zero-order chi connectivity index (χ0) is 22.6. The quantitative estimate of drug-likeness (QED) is 0.619. The molecule has 2 aromatic carbocycles. The van der Waals surface area contributed by atoms with Crippen molar-refractivity contribution in [3.05, 3.63) is 89.6 Å². The van der Waals surface area contributed by atoms with Gasteiger partial charge in [-0.05, 0) is 42.8 Å². The molecule has 3 rings (SSSR count). The van der Waals surface area contributed by atoms with Gasteiger partial charge in [-0.1, -0.05) is 30.3 Å². The molecule has 0 aliphatic rings. The Morgan fingerprint density at radius 1 is 0.935 bits per heavy atom. The maximum absolute atomic E-state index is 12.7. The summed E-state index contributed by atoms with van der Waals surface area (Å²) in [6, 6.07) is 16.3. The zero-order valence-corrected chi connectivity index (χ0v) is 16.3. The van der Waals surface area contributed by atoms with Crippen molar-refractivity contribution in [2.24, 2.45) is 5.73 Å². The topological polar surface area (TPSA) is 94.3 Å². The van der Waals surface area contributed by atoms with Crippen LogP contribution in [0.1, 0.15) is 28.4 Å². The molecule has 0 aliphatic heterocycles. The Kier molecular flexibility index (Phi) is 5.96. The standard InChI is InChI=1S/C22H18F3N3O3/c1-21(20(26)30,15-5-3-2-4-6-15)28-19(29)14-7-10-17(11-8-14)31-18-12-9-16(13-27-18)22(23,24)25/h2-13H,1H3,(H2,26,30)(H,28,29)/t21-/m0/s1. The highest BCUT2D eigenvalue weighted by Crippen LogP contribution is 2.30. The van der Waals surface area contributed by atoms with E-state index in [9.17, 15) is 22.8 Å². The van der Waals surface area contributed by atoms with Crippen molar-refractivity contribution in [3.63, 3.8) is 0 Å². The van der Waals surface area contributed by atoms with Gasteiger partial charge in [-0.25, -0.2) is 4.98 Å². The summed E-state index contributed by atoms with van der Waals surface area (Å²) in [5.41, 5.74) is 3.98. The number of hydrogen-bond acceptors (Lipinski definition) is 4. The molecule has 160 valence electrons. The van der Waals surface area contributed by atoms with E-state index in [1.165, 1.54) is 31.2 Å². The molecule has 0 radical (unpaired) electrons. The summed E-state index contributed by atoms with van der Waals surface area (Å²) >= 11 is 0. The summed E-state index contributed by atoms with van der Waals surface area (Å²) in [6.07, 6.45) is -3.81. The zero-order valence-electron chi connectivity index (χ0n) is 16.3. The number of nitrogens with one attached hydrogen (secondary N) is 1. The molecule has 1 aromatic heterocycles. The van der Waals surface area contributed by atoms with Crippen molar-refractivity contribution >= 4 is 11.8 Å². The Hall–Kier alpha value is -3.88. The van der Waals surface area contributed by atoms with Crippen LogP contribution in [0, 0.1) is 0 Å². The van der Waals surface area contributed by atoms with Gasteiger partial charge in [0.25, 0.3) is 5.91 Å². The molecule has 1 heterocycles. The van der Waals surface area contributed by atoms with Crippen LogP contribution < -0.4 is 15.8 Å². The van der Waals surface area contributed by atoms with Crippen LogP contribution in [0.25, 0.3) is 0 Å². The van der Waals surface area contributed by atoms with Crippen LogP contribution in [0.15, 0.2) is 72.9 Å². The van der Waals surface area contributed by atoms with Gasteiger partial charge in [-0.3, -0.25) is 9.59 Å². The van der Waals surface area contributed by atoms with Crippen molar-refractivity contribution in [3.8, 4) is 11.6 Å². The van der Waals surface area contributed by atoms with E-state index >= 15 is 0 Å². The summed E-state index contributed by atoms with van der Waals surface area (Å²) < 4.78 is 43.2. The van der Waals surface area contributed by atoms with Gasteiger partial charge < -0.3 is 15.8 Å². The van der Waals surface area contributed by atoms with Crippen molar-refractivity contribution in [2.45, 2.75) is 18.6 Å². The number of pyridine rings is 1. The largest absolute Gasteiger partial charge is 0.439 e. The molecule has 3 aromatic rings. The summed E-state index contributed by atoms with van der Waals surface area (Å²) in [4.78, 5) is 28.3. The first-order valence-electron chi connectivity index (χ1n) is 9.09. The van der Waals surface area contributed by atoms with Gasteiger partial charge >= 0.3 is 6.18 Å². The third kappa shape index (κ3) is 5.00. The fourth-order valence-electron chi connectivity index (χ4n) is 2.75. The average Bonchev–Trinajstić information content (AvgIpc) is 2.74. The molecule has 0 bridgehead atoms. The van der Waals surface area contributed by atoms with E-state index in [1.807, 2.05) is 0 Å². The van der Waals surface area contributed by atoms with Gasteiger partial charge in [-0.15, -0.1) is 0 Å². The number of primary amides is 1. The normalized spacial score (nSPS) is 13.2. The molecular weight excluding hydrogens is 411 g/mol. The Balaban J connectivity index is 1.72. The number of ether oxygens (including phenoxy) is 1. The van der Waals surface area contributed by atoms with Crippen molar-refractivity contribution in [1.29, 1.82) is 0 Å². The first kappa shape index (κ1) is 21.8. The number of halogens is 3. The lowest BCUT2D eigenvalue weighted by molar-refractivity contribution is -0.137. The highest BCUT2D eigenvalue weighted by molar-refractivity contribution is 5.99. The minimum atomic E-state index is -4.49. The molecular formula is C22H18F3N3O3. The molecule has 0 fully saturated rings. The fraction of sp³-hybridized carbons (Fsp3) is 0.136. The Labute approximate surface area is 175 Å². The molecule has 3 N–H and O–H groups in total. The Morgan fingerprint density at radius 2 is 1.58 bits per heavy atom. The summed E-state index contributed by atoms with van der Waals surface area (Å²) in [5, 5.41) is 2.64. The lowest BCUT2D eigenvalue weighted by Crippen LogP contribution is -2.52. The molecule has 0 unspecified atom stereocenters. The smallest absolute Gasteiger partial charge is 0.417 e. The van der Waals surface area contributed by atoms with Gasteiger partial charge in [0.2, 0.25) is 11.8 Å². The molecule has 2 amide bonds. The van der Waals surface area contributed by atoms with Gasteiger partial charge in [-0.2, -0.15) is 13.2 Å². The second-order valence-corrected chi connectivity index (χ2v) is 6.82. The Morgan fingerprint density at radius 3 is 2.10 bits per heavy atom. The van der Waals surface area contributed by atoms with Gasteiger partial charge in [0.1, 0.15) is 11.3 Å². The second-order valence-electron chi connectivity index (χ2n) is 6.82. The van der Waals surface area contributed by atoms with Crippen LogP contribution in [0.5, 0.6) is 11.6 Å². The molecule has 6 nitrogen and oxygen atoms in total. The number of amides is 2. The van der Waals surface area contributed by atoms with E-state index in [1.54, 1.807) is 30.3 Å². The monoisotopic (exact) mass is 429 g/mol.